The lowest BCUT2D eigenvalue weighted by Crippen LogP contribution is -2.60. The molecule has 12 N–H and O–H groups in total. The van der Waals surface area contributed by atoms with Crippen LogP contribution in [0, 0.1) is 29.6 Å². The number of carboxylic acids is 1. The fourth-order valence-electron chi connectivity index (χ4n) is 7.26. The number of nitrogens with one attached hydrogen (secondary N) is 8. The Kier molecular flexibility index (Phi) is 27.3. The van der Waals surface area contributed by atoms with E-state index in [2.05, 4.69) is 42.5 Å². The molecule has 0 saturated carbocycles. The zero-order valence-electron chi connectivity index (χ0n) is 41.7. The van der Waals surface area contributed by atoms with Crippen molar-refractivity contribution < 1.29 is 58.2 Å². The number of rotatable bonds is 30. The molecule has 0 aliphatic carbocycles. The molecule has 0 aromatic carbocycles. The van der Waals surface area contributed by atoms with Gasteiger partial charge in [0.15, 0.2) is 0 Å². The van der Waals surface area contributed by atoms with E-state index in [1.165, 1.54) is 16.7 Å². The van der Waals surface area contributed by atoms with Crippen LogP contribution in [-0.2, 0) is 47.9 Å². The van der Waals surface area contributed by atoms with Crippen LogP contribution in [-0.4, -0.2) is 161 Å². The van der Waals surface area contributed by atoms with Crippen LogP contribution in [0.15, 0.2) is 0 Å². The van der Waals surface area contributed by atoms with E-state index in [1.54, 1.807) is 48.5 Å². The molecule has 10 atom stereocenters. The smallest absolute Gasteiger partial charge is 0.326 e. The molecule has 0 bridgehead atoms. The SMILES string of the molecule is CC[C@H](C)[C@H](NC(=O)CNC(=O)[C@H](CC(C)C)NC(=O)[C@H](CCSC)NC(=O)[C@@H](N)CO)C(=O)NCC(=O)N[C@H](C(=O)N[C@H](C(=O)N1CCC[C@H]1C(=O)N[C@H](C(=O)O)C(C)C)C(C)C)[C@@H](C)CC. The standard InChI is InChI=1S/C45H80N10O12S/c1-12-26(9)36(51-32(57)20-47-39(60)30(19-23(3)4)50-40(61)29(16-18-68-11)49-38(59)28(46)22-56)42(63)48-21-33(58)52-37(27(10)13-2)43(64)53-34(24(5)6)44(65)55-17-14-15-31(55)41(62)54-35(25(7)8)45(66)67/h23-31,34-37,56H,12-22,46H2,1-11H3,(H,47,60)(H,48,63)(H,49,59)(H,50,61)(H,51,57)(H,52,58)(H,53,64)(H,54,62)(H,66,67)/t26-,27-,28-,29-,30-,31-,34-,35-,36-,37-/m0/s1. The van der Waals surface area contributed by atoms with E-state index in [0.29, 0.717) is 31.4 Å². The number of aliphatic hydroxyl groups excluding tert-OH is 1. The number of nitrogens with two attached hydrogens (primary N) is 1. The van der Waals surface area contributed by atoms with Gasteiger partial charge in [-0.05, 0) is 67.3 Å². The van der Waals surface area contributed by atoms with Gasteiger partial charge in [0.05, 0.1) is 19.7 Å². The van der Waals surface area contributed by atoms with Crippen LogP contribution >= 0.6 is 11.8 Å². The highest BCUT2D eigenvalue weighted by Crippen LogP contribution is 2.22. The summed E-state index contributed by atoms with van der Waals surface area (Å²) in [5, 5.41) is 39.6. The van der Waals surface area contributed by atoms with E-state index in [0.717, 1.165) is 0 Å². The van der Waals surface area contributed by atoms with Crippen molar-refractivity contribution >= 4 is 70.9 Å². The first-order chi connectivity index (χ1) is 31.8. The van der Waals surface area contributed by atoms with Crippen LogP contribution in [0.25, 0.3) is 0 Å². The van der Waals surface area contributed by atoms with Crippen molar-refractivity contribution in [1.29, 1.82) is 0 Å². The number of carbonyl (C=O) groups excluding carboxylic acids is 9. The third-order valence-electron chi connectivity index (χ3n) is 11.9. The van der Waals surface area contributed by atoms with Crippen LogP contribution < -0.4 is 48.3 Å². The molecular weight excluding hydrogens is 905 g/mol. The molecule has 22 nitrogen and oxygen atoms in total. The fourth-order valence-corrected chi connectivity index (χ4v) is 7.73. The maximum atomic E-state index is 14.0. The Morgan fingerprint density at radius 2 is 1.16 bits per heavy atom. The van der Waals surface area contributed by atoms with Crippen LogP contribution in [0.1, 0.15) is 108 Å². The summed E-state index contributed by atoms with van der Waals surface area (Å²) in [5.41, 5.74) is 5.62. The Labute approximate surface area is 405 Å². The van der Waals surface area contributed by atoms with Gasteiger partial charge < -0.3 is 63.4 Å². The number of hydrogen-bond acceptors (Lipinski definition) is 13. The number of aliphatic hydroxyl groups is 1. The summed E-state index contributed by atoms with van der Waals surface area (Å²) in [6.45, 7) is 15.9. The van der Waals surface area contributed by atoms with Crippen LogP contribution in [0.4, 0.5) is 0 Å². The highest BCUT2D eigenvalue weighted by atomic mass is 32.2. The van der Waals surface area contributed by atoms with E-state index < -0.39 is 151 Å². The lowest BCUT2D eigenvalue weighted by Gasteiger charge is -2.33. The third-order valence-corrected chi connectivity index (χ3v) is 12.5. The lowest BCUT2D eigenvalue weighted by molar-refractivity contribution is -0.146. The molecule has 1 rings (SSSR count). The second-order valence-corrected chi connectivity index (χ2v) is 19.6. The molecule has 1 fully saturated rings. The Balaban J connectivity index is 3.04. The molecular formula is C45H80N10O12S. The second-order valence-electron chi connectivity index (χ2n) is 18.6. The van der Waals surface area contributed by atoms with E-state index in [4.69, 9.17) is 5.73 Å². The van der Waals surface area contributed by atoms with E-state index in [1.807, 2.05) is 27.0 Å². The zero-order valence-corrected chi connectivity index (χ0v) is 42.5. The van der Waals surface area contributed by atoms with Crippen LogP contribution in [0.2, 0.25) is 0 Å². The first-order valence-corrected chi connectivity index (χ1v) is 25.0. The van der Waals surface area contributed by atoms with Gasteiger partial charge in [-0.15, -0.1) is 0 Å². The zero-order chi connectivity index (χ0) is 52.0. The number of likely N-dealkylation sites (tertiary alicyclic amines) is 1. The number of thioether (sulfide) groups is 1. The van der Waals surface area contributed by atoms with Gasteiger partial charge in [-0.2, -0.15) is 11.8 Å². The number of carboxylic acid groups (broad SMARTS) is 1. The van der Waals surface area contributed by atoms with Crippen LogP contribution in [0.3, 0.4) is 0 Å². The Hall–Kier alpha value is -5.03. The summed E-state index contributed by atoms with van der Waals surface area (Å²) in [6, 6.07) is -8.86. The molecule has 388 valence electrons. The molecule has 68 heavy (non-hydrogen) atoms. The minimum atomic E-state index is -1.25. The van der Waals surface area contributed by atoms with Crippen molar-refractivity contribution in [3.05, 3.63) is 0 Å². The summed E-state index contributed by atoms with van der Waals surface area (Å²) < 4.78 is 0. The van der Waals surface area contributed by atoms with Crippen molar-refractivity contribution in [2.75, 3.05) is 38.2 Å². The normalized spacial score (nSPS) is 17.6. The van der Waals surface area contributed by atoms with Gasteiger partial charge in [0.2, 0.25) is 53.2 Å². The topological polar surface area (TPSA) is 337 Å². The highest BCUT2D eigenvalue weighted by Gasteiger charge is 2.41. The van der Waals surface area contributed by atoms with Gasteiger partial charge in [-0.1, -0.05) is 82.1 Å². The molecule has 1 aliphatic rings. The number of hydrogen-bond donors (Lipinski definition) is 11. The predicted molar refractivity (Wildman–Crippen MR) is 256 cm³/mol. The van der Waals surface area contributed by atoms with Crippen molar-refractivity contribution in [3.8, 4) is 0 Å². The first-order valence-electron chi connectivity index (χ1n) is 23.6. The van der Waals surface area contributed by atoms with Gasteiger partial charge in [0.1, 0.15) is 48.3 Å². The van der Waals surface area contributed by atoms with Crippen molar-refractivity contribution in [3.63, 3.8) is 0 Å². The summed E-state index contributed by atoms with van der Waals surface area (Å²) in [7, 11) is 0. The summed E-state index contributed by atoms with van der Waals surface area (Å²) in [5.74, 6) is -8.53. The van der Waals surface area contributed by atoms with E-state index in [9.17, 15) is 58.2 Å². The minimum Gasteiger partial charge on any atom is -0.480 e. The minimum absolute atomic E-state index is 0.0742. The van der Waals surface area contributed by atoms with Gasteiger partial charge in [-0.25, -0.2) is 4.79 Å². The summed E-state index contributed by atoms with van der Waals surface area (Å²) >= 11 is 1.44. The molecule has 23 heteroatoms. The molecule has 1 heterocycles. The number of amides is 9. The maximum absolute atomic E-state index is 14.0. The molecule has 0 aromatic rings. The fraction of sp³-hybridized carbons (Fsp3) is 0.778. The Morgan fingerprint density at radius 1 is 0.647 bits per heavy atom. The van der Waals surface area contributed by atoms with E-state index in [-0.39, 0.29) is 25.3 Å². The van der Waals surface area contributed by atoms with E-state index >= 15 is 0 Å². The predicted octanol–water partition coefficient (Wildman–Crippen LogP) is -1.27. The Morgan fingerprint density at radius 3 is 1.63 bits per heavy atom. The number of carbonyl (C=O) groups is 10. The average molecular weight is 985 g/mol. The molecule has 1 aliphatic heterocycles. The quantitative estimate of drug-likeness (QED) is 0.0400. The van der Waals surface area contributed by atoms with Gasteiger partial charge in [0, 0.05) is 6.54 Å². The van der Waals surface area contributed by atoms with Gasteiger partial charge >= 0.3 is 5.97 Å². The molecule has 0 aromatic heterocycles. The van der Waals surface area contributed by atoms with Crippen LogP contribution in [0.5, 0.6) is 0 Å². The maximum Gasteiger partial charge on any atom is 0.326 e. The number of nitrogens with zero attached hydrogens (tertiary/aromatic N) is 1. The van der Waals surface area contributed by atoms with Gasteiger partial charge in [-0.3, -0.25) is 43.2 Å². The first kappa shape index (κ1) is 61.0. The molecule has 1 saturated heterocycles. The second kappa shape index (κ2) is 30.5. The Bertz CT molecular complexity index is 1740. The molecule has 0 spiro atoms. The molecule has 0 radical (unpaired) electrons. The third kappa shape index (κ3) is 19.9. The number of aliphatic carboxylic acids is 1. The lowest BCUT2D eigenvalue weighted by atomic mass is 9.96. The summed E-state index contributed by atoms with van der Waals surface area (Å²) in [4.78, 5) is 133. The molecule has 9 amide bonds. The van der Waals surface area contributed by atoms with Gasteiger partial charge in [0.25, 0.3) is 0 Å². The van der Waals surface area contributed by atoms with Crippen molar-refractivity contribution in [1.82, 2.24) is 47.4 Å². The van der Waals surface area contributed by atoms with Crippen molar-refractivity contribution in [2.45, 2.75) is 156 Å². The largest absolute Gasteiger partial charge is 0.480 e. The highest BCUT2D eigenvalue weighted by molar-refractivity contribution is 7.98. The van der Waals surface area contributed by atoms with Crippen molar-refractivity contribution in [2.24, 2.45) is 35.3 Å². The average Bonchev–Trinajstić information content (AvgIpc) is 3.79. The summed E-state index contributed by atoms with van der Waals surface area (Å²) in [6.07, 6.45) is 3.90. The molecule has 0 unspecified atom stereocenters. The monoisotopic (exact) mass is 985 g/mol.